The van der Waals surface area contributed by atoms with Crippen LogP contribution >= 0.6 is 11.6 Å². The smallest absolute Gasteiger partial charge is 0.229 e. The molecule has 15 heavy (non-hydrogen) atoms. The average Bonchev–Trinajstić information content (AvgIpc) is 2.20. The second-order valence-electron chi connectivity index (χ2n) is 3.88. The molecule has 1 aromatic carbocycles. The number of hydrogen-bond donors (Lipinski definition) is 2. The van der Waals surface area contributed by atoms with Crippen LogP contribution in [0.1, 0.15) is 11.1 Å². The third-order valence-corrected chi connectivity index (χ3v) is 3.17. The van der Waals surface area contributed by atoms with Crippen LogP contribution in [0, 0.1) is 12.8 Å². The van der Waals surface area contributed by atoms with Crippen LogP contribution < -0.4 is 11.1 Å². The maximum absolute atomic E-state index is 11.6. The second kappa shape index (κ2) is 3.83. The zero-order valence-corrected chi connectivity index (χ0v) is 9.27. The van der Waals surface area contributed by atoms with E-state index in [4.69, 9.17) is 17.3 Å². The number of anilines is 1. The molecule has 3 nitrogen and oxygen atoms in total. The summed E-state index contributed by atoms with van der Waals surface area (Å²) in [5, 5.41) is 3.59. The summed E-state index contributed by atoms with van der Waals surface area (Å²) in [6, 6.07) is 3.82. The van der Waals surface area contributed by atoms with Crippen molar-refractivity contribution in [3.8, 4) is 0 Å². The van der Waals surface area contributed by atoms with Gasteiger partial charge >= 0.3 is 0 Å². The summed E-state index contributed by atoms with van der Waals surface area (Å²) < 4.78 is 0. The minimum absolute atomic E-state index is 0.00622. The van der Waals surface area contributed by atoms with Crippen molar-refractivity contribution in [1.82, 2.24) is 0 Å². The Bertz CT molecular complexity index is 417. The minimum atomic E-state index is -0.128. The number of benzene rings is 1. The minimum Gasteiger partial charge on any atom is -0.330 e. The topological polar surface area (TPSA) is 55.1 Å². The van der Waals surface area contributed by atoms with Crippen molar-refractivity contribution < 1.29 is 4.79 Å². The first-order valence-electron chi connectivity index (χ1n) is 4.91. The van der Waals surface area contributed by atoms with Gasteiger partial charge in [0.1, 0.15) is 0 Å². The summed E-state index contributed by atoms with van der Waals surface area (Å²) in [4.78, 5) is 11.6. The van der Waals surface area contributed by atoms with Crippen LogP contribution in [0.5, 0.6) is 0 Å². The molecule has 4 heteroatoms. The fourth-order valence-corrected chi connectivity index (χ4v) is 1.98. The molecular weight excluding hydrogens is 212 g/mol. The molecule has 0 fully saturated rings. The van der Waals surface area contributed by atoms with Crippen LogP contribution in [0.15, 0.2) is 12.1 Å². The van der Waals surface area contributed by atoms with Crippen molar-refractivity contribution in [2.45, 2.75) is 13.3 Å². The molecule has 1 unspecified atom stereocenters. The van der Waals surface area contributed by atoms with E-state index in [9.17, 15) is 4.79 Å². The standard InChI is InChI=1S/C11H13ClN2O/c1-6-2-10-7(4-9(6)12)3-8(5-13)11(15)14-10/h2,4,8H,3,5,13H2,1H3,(H,14,15). The quantitative estimate of drug-likeness (QED) is 0.763. The van der Waals surface area contributed by atoms with E-state index in [1.54, 1.807) is 0 Å². The lowest BCUT2D eigenvalue weighted by molar-refractivity contribution is -0.119. The molecule has 0 saturated heterocycles. The largest absolute Gasteiger partial charge is 0.330 e. The lowest BCUT2D eigenvalue weighted by Crippen LogP contribution is -2.34. The van der Waals surface area contributed by atoms with Crippen molar-refractivity contribution >= 4 is 23.2 Å². The van der Waals surface area contributed by atoms with Gasteiger partial charge in [0, 0.05) is 17.3 Å². The molecule has 80 valence electrons. The zero-order chi connectivity index (χ0) is 11.0. The van der Waals surface area contributed by atoms with Gasteiger partial charge in [-0.1, -0.05) is 11.6 Å². The van der Waals surface area contributed by atoms with Crippen LogP contribution in [-0.2, 0) is 11.2 Å². The molecule has 1 heterocycles. The SMILES string of the molecule is Cc1cc2c(cc1Cl)CC(CN)C(=O)N2. The van der Waals surface area contributed by atoms with E-state index in [-0.39, 0.29) is 11.8 Å². The van der Waals surface area contributed by atoms with Gasteiger partial charge in [-0.15, -0.1) is 0 Å². The third-order valence-electron chi connectivity index (χ3n) is 2.76. The van der Waals surface area contributed by atoms with E-state index in [2.05, 4.69) is 5.32 Å². The van der Waals surface area contributed by atoms with Crippen molar-refractivity contribution in [3.63, 3.8) is 0 Å². The van der Waals surface area contributed by atoms with E-state index >= 15 is 0 Å². The van der Waals surface area contributed by atoms with Crippen LogP contribution in [0.25, 0.3) is 0 Å². The number of nitrogens with two attached hydrogens (primary N) is 1. The number of aryl methyl sites for hydroxylation is 1. The van der Waals surface area contributed by atoms with Gasteiger partial charge in [-0.05, 0) is 36.6 Å². The highest BCUT2D eigenvalue weighted by atomic mass is 35.5. The van der Waals surface area contributed by atoms with E-state index in [1.165, 1.54) is 0 Å². The zero-order valence-electron chi connectivity index (χ0n) is 8.51. The summed E-state index contributed by atoms with van der Waals surface area (Å²) >= 11 is 6.03. The van der Waals surface area contributed by atoms with E-state index < -0.39 is 0 Å². The van der Waals surface area contributed by atoms with E-state index in [0.29, 0.717) is 13.0 Å². The van der Waals surface area contributed by atoms with Crippen LogP contribution in [0.4, 0.5) is 5.69 Å². The molecule has 0 saturated carbocycles. The molecular formula is C11H13ClN2O. The Balaban J connectivity index is 2.41. The van der Waals surface area contributed by atoms with Gasteiger partial charge < -0.3 is 11.1 Å². The predicted octanol–water partition coefficient (Wildman–Crippen LogP) is 1.72. The molecule has 1 aliphatic heterocycles. The number of rotatable bonds is 1. The van der Waals surface area contributed by atoms with Crippen molar-refractivity contribution in [2.24, 2.45) is 11.7 Å². The summed E-state index contributed by atoms with van der Waals surface area (Å²) in [6.07, 6.45) is 0.678. The van der Waals surface area contributed by atoms with Gasteiger partial charge in [-0.25, -0.2) is 0 Å². The predicted molar refractivity (Wildman–Crippen MR) is 61.1 cm³/mol. The Morgan fingerprint density at radius 2 is 2.33 bits per heavy atom. The molecule has 0 aromatic heterocycles. The van der Waals surface area contributed by atoms with Gasteiger partial charge in [0.25, 0.3) is 0 Å². The maximum Gasteiger partial charge on any atom is 0.229 e. The maximum atomic E-state index is 11.6. The van der Waals surface area contributed by atoms with Crippen molar-refractivity contribution in [2.75, 3.05) is 11.9 Å². The van der Waals surface area contributed by atoms with Gasteiger partial charge in [0.2, 0.25) is 5.91 Å². The fraction of sp³-hybridized carbons (Fsp3) is 0.364. The monoisotopic (exact) mass is 224 g/mol. The van der Waals surface area contributed by atoms with Crippen molar-refractivity contribution in [3.05, 3.63) is 28.3 Å². The van der Waals surface area contributed by atoms with Gasteiger partial charge in [-0.3, -0.25) is 4.79 Å². The van der Waals surface area contributed by atoms with Crippen molar-refractivity contribution in [1.29, 1.82) is 0 Å². The third kappa shape index (κ3) is 1.85. The van der Waals surface area contributed by atoms with Gasteiger partial charge in [-0.2, -0.15) is 0 Å². The van der Waals surface area contributed by atoms with Crippen LogP contribution in [0.3, 0.4) is 0 Å². The van der Waals surface area contributed by atoms with Gasteiger partial charge in [0.05, 0.1) is 5.92 Å². The lowest BCUT2D eigenvalue weighted by Gasteiger charge is -2.24. The number of fused-ring (bicyclic) bond motifs is 1. The molecule has 0 bridgehead atoms. The molecule has 1 aliphatic rings. The molecule has 1 amide bonds. The van der Waals surface area contributed by atoms with E-state index in [0.717, 1.165) is 21.8 Å². The van der Waals surface area contributed by atoms with Crippen LogP contribution in [0.2, 0.25) is 5.02 Å². The Morgan fingerprint density at radius 1 is 1.60 bits per heavy atom. The highest BCUT2D eigenvalue weighted by molar-refractivity contribution is 6.31. The number of carbonyl (C=O) groups is 1. The molecule has 0 aliphatic carbocycles. The fourth-order valence-electron chi connectivity index (χ4n) is 1.79. The number of nitrogens with one attached hydrogen (secondary N) is 1. The first-order chi connectivity index (χ1) is 7.11. The molecule has 1 aromatic rings. The molecule has 3 N–H and O–H groups in total. The first-order valence-corrected chi connectivity index (χ1v) is 5.29. The highest BCUT2D eigenvalue weighted by Crippen LogP contribution is 2.30. The molecule has 0 spiro atoms. The molecule has 2 rings (SSSR count). The second-order valence-corrected chi connectivity index (χ2v) is 4.29. The Hall–Kier alpha value is -1.06. The molecule has 0 radical (unpaired) electrons. The highest BCUT2D eigenvalue weighted by Gasteiger charge is 2.25. The number of hydrogen-bond acceptors (Lipinski definition) is 2. The van der Waals surface area contributed by atoms with E-state index in [1.807, 2.05) is 19.1 Å². The number of halogens is 1. The summed E-state index contributed by atoms with van der Waals surface area (Å²) in [6.45, 7) is 2.29. The average molecular weight is 225 g/mol. The Morgan fingerprint density at radius 3 is 3.00 bits per heavy atom. The lowest BCUT2D eigenvalue weighted by atomic mass is 9.92. The Kier molecular flexibility index (Phi) is 2.67. The summed E-state index contributed by atoms with van der Waals surface area (Å²) in [5.41, 5.74) is 8.44. The first kappa shape index (κ1) is 10.5. The summed E-state index contributed by atoms with van der Waals surface area (Å²) in [7, 11) is 0. The number of amides is 1. The molecule has 1 atom stereocenters. The van der Waals surface area contributed by atoms with Gasteiger partial charge in [0.15, 0.2) is 0 Å². The Labute approximate surface area is 93.6 Å². The normalized spacial score (nSPS) is 19.7. The summed E-state index contributed by atoms with van der Waals surface area (Å²) in [5.74, 6) is -0.122. The van der Waals surface area contributed by atoms with Crippen LogP contribution in [-0.4, -0.2) is 12.5 Å². The number of carbonyl (C=O) groups excluding carboxylic acids is 1.